The number of hydrogen-bond acceptors (Lipinski definition) is 6. The van der Waals surface area contributed by atoms with Crippen LogP contribution in [0.1, 0.15) is 12.5 Å². The van der Waals surface area contributed by atoms with Crippen molar-refractivity contribution in [3.8, 4) is 10.6 Å². The topological polar surface area (TPSA) is 92.3 Å². The number of carbonyl (C=O) groups excluding carboxylic acids is 1. The van der Waals surface area contributed by atoms with Gasteiger partial charge in [-0.2, -0.15) is 0 Å². The van der Waals surface area contributed by atoms with Crippen molar-refractivity contribution in [2.75, 3.05) is 15.9 Å². The van der Waals surface area contributed by atoms with Gasteiger partial charge < -0.3 is 0 Å². The van der Waals surface area contributed by atoms with Crippen LogP contribution in [0, 0.1) is 6.92 Å². The highest BCUT2D eigenvalue weighted by atomic mass is 35.5. The van der Waals surface area contributed by atoms with E-state index >= 15 is 0 Å². The monoisotopic (exact) mass is 450 g/mol. The largest absolute Gasteiger partial charge is 0.299 e. The molecular weight excluding hydrogens is 432 g/mol. The zero-order valence-electron chi connectivity index (χ0n) is 16.0. The first-order valence-electron chi connectivity index (χ1n) is 8.62. The fourth-order valence-corrected chi connectivity index (χ4v) is 4.92. The van der Waals surface area contributed by atoms with Gasteiger partial charge in [0, 0.05) is 10.6 Å². The first kappa shape index (κ1) is 21.2. The Morgan fingerprint density at radius 2 is 1.86 bits per heavy atom. The third kappa shape index (κ3) is 4.92. The van der Waals surface area contributed by atoms with Crippen molar-refractivity contribution in [2.45, 2.75) is 19.9 Å². The van der Waals surface area contributed by atoms with Crippen LogP contribution in [-0.2, 0) is 14.8 Å². The molecule has 10 heteroatoms. The predicted molar refractivity (Wildman–Crippen MR) is 117 cm³/mol. The molecule has 0 aliphatic heterocycles. The zero-order valence-corrected chi connectivity index (χ0v) is 18.3. The summed E-state index contributed by atoms with van der Waals surface area (Å²) in [5.41, 5.74) is 1.91. The van der Waals surface area contributed by atoms with E-state index in [1.54, 1.807) is 19.1 Å². The number of carbonyl (C=O) groups is 1. The minimum absolute atomic E-state index is 0.289. The van der Waals surface area contributed by atoms with Crippen LogP contribution < -0.4 is 9.62 Å². The van der Waals surface area contributed by atoms with Crippen LogP contribution in [0.25, 0.3) is 10.6 Å². The molecule has 1 amide bonds. The number of benzene rings is 2. The van der Waals surface area contributed by atoms with Gasteiger partial charge in [-0.1, -0.05) is 59.3 Å². The molecule has 0 fully saturated rings. The average molecular weight is 451 g/mol. The maximum atomic E-state index is 12.8. The molecule has 0 aliphatic rings. The van der Waals surface area contributed by atoms with Gasteiger partial charge in [-0.05, 0) is 31.5 Å². The highest BCUT2D eigenvalue weighted by molar-refractivity contribution is 7.92. The molecule has 2 aromatic carbocycles. The van der Waals surface area contributed by atoms with Crippen molar-refractivity contribution in [3.63, 3.8) is 0 Å². The molecule has 0 saturated heterocycles. The number of nitrogens with one attached hydrogen (secondary N) is 1. The van der Waals surface area contributed by atoms with Crippen LogP contribution in [0.2, 0.25) is 5.02 Å². The number of anilines is 2. The summed E-state index contributed by atoms with van der Waals surface area (Å²) in [7, 11) is -3.75. The normalized spacial score (nSPS) is 12.4. The van der Waals surface area contributed by atoms with E-state index in [0.29, 0.717) is 21.3 Å². The number of rotatable bonds is 6. The van der Waals surface area contributed by atoms with E-state index in [1.807, 2.05) is 30.3 Å². The molecule has 1 N–H and O–H groups in total. The van der Waals surface area contributed by atoms with Crippen molar-refractivity contribution >= 4 is 49.7 Å². The Hall–Kier alpha value is -2.49. The first-order chi connectivity index (χ1) is 13.7. The van der Waals surface area contributed by atoms with E-state index in [0.717, 1.165) is 16.1 Å². The summed E-state index contributed by atoms with van der Waals surface area (Å²) in [6.07, 6.45) is 1.05. The van der Waals surface area contributed by atoms with E-state index in [-0.39, 0.29) is 5.13 Å². The summed E-state index contributed by atoms with van der Waals surface area (Å²) in [6, 6.07) is 13.3. The zero-order chi connectivity index (χ0) is 21.2. The smallest absolute Gasteiger partial charge is 0.249 e. The summed E-state index contributed by atoms with van der Waals surface area (Å²) < 4.78 is 26.0. The van der Waals surface area contributed by atoms with Gasteiger partial charge >= 0.3 is 0 Å². The Balaban J connectivity index is 1.85. The Bertz CT molecular complexity index is 1130. The lowest BCUT2D eigenvalue weighted by atomic mass is 10.2. The molecule has 0 saturated carbocycles. The predicted octanol–water partition coefficient (Wildman–Crippen LogP) is 3.96. The molecule has 1 atom stereocenters. The van der Waals surface area contributed by atoms with Crippen LogP contribution in [0.15, 0.2) is 48.5 Å². The van der Waals surface area contributed by atoms with Gasteiger partial charge in [-0.25, -0.2) is 8.42 Å². The van der Waals surface area contributed by atoms with Crippen LogP contribution >= 0.6 is 22.9 Å². The number of halogens is 1. The molecule has 1 unspecified atom stereocenters. The lowest BCUT2D eigenvalue weighted by Gasteiger charge is -2.29. The Morgan fingerprint density at radius 1 is 1.17 bits per heavy atom. The fourth-order valence-electron chi connectivity index (χ4n) is 2.78. The van der Waals surface area contributed by atoms with Crippen molar-refractivity contribution in [2.24, 2.45) is 0 Å². The number of aromatic nitrogens is 2. The van der Waals surface area contributed by atoms with Crippen molar-refractivity contribution in [1.82, 2.24) is 10.2 Å². The first-order valence-corrected chi connectivity index (χ1v) is 11.7. The molecule has 7 nitrogen and oxygen atoms in total. The van der Waals surface area contributed by atoms with Crippen molar-refractivity contribution in [1.29, 1.82) is 0 Å². The lowest BCUT2D eigenvalue weighted by Crippen LogP contribution is -2.45. The van der Waals surface area contributed by atoms with Gasteiger partial charge in [-0.15, -0.1) is 10.2 Å². The summed E-state index contributed by atoms with van der Waals surface area (Å²) in [5.74, 6) is -0.523. The van der Waals surface area contributed by atoms with Crippen LogP contribution in [0.4, 0.5) is 10.8 Å². The molecule has 152 valence electrons. The van der Waals surface area contributed by atoms with E-state index in [1.165, 1.54) is 24.3 Å². The second kappa shape index (κ2) is 8.48. The summed E-state index contributed by atoms with van der Waals surface area (Å²) >= 11 is 7.26. The fraction of sp³-hybridized carbons (Fsp3) is 0.211. The highest BCUT2D eigenvalue weighted by Crippen LogP contribution is 2.30. The van der Waals surface area contributed by atoms with Crippen LogP contribution in [0.5, 0.6) is 0 Å². The third-order valence-electron chi connectivity index (χ3n) is 4.17. The quantitative estimate of drug-likeness (QED) is 0.613. The summed E-state index contributed by atoms with van der Waals surface area (Å²) in [5, 5.41) is 12.0. The summed E-state index contributed by atoms with van der Waals surface area (Å²) in [6.45, 7) is 3.27. The van der Waals surface area contributed by atoms with Crippen molar-refractivity contribution in [3.05, 3.63) is 59.1 Å². The lowest BCUT2D eigenvalue weighted by molar-refractivity contribution is -0.116. The number of hydrogen-bond donors (Lipinski definition) is 1. The molecule has 0 radical (unpaired) electrons. The number of amides is 1. The molecule has 3 aromatic rings. The standard InChI is InChI=1S/C19H19ClN4O3S2/c1-12-9-10-15(20)11-16(12)24(29(3,26)27)13(2)17(25)21-19-23-22-18(28-19)14-7-5-4-6-8-14/h4-11,13H,1-3H3,(H,21,23,25). The van der Waals surface area contributed by atoms with Crippen LogP contribution in [0.3, 0.4) is 0 Å². The third-order valence-corrected chi connectivity index (χ3v) is 6.52. The Morgan fingerprint density at radius 3 is 2.52 bits per heavy atom. The van der Waals surface area contributed by atoms with E-state index in [2.05, 4.69) is 15.5 Å². The van der Waals surface area contributed by atoms with Crippen LogP contribution in [-0.4, -0.2) is 36.8 Å². The minimum Gasteiger partial charge on any atom is -0.299 e. The Labute approximate surface area is 178 Å². The molecule has 1 heterocycles. The van der Waals surface area contributed by atoms with Gasteiger partial charge in [0.25, 0.3) is 0 Å². The molecule has 0 aliphatic carbocycles. The van der Waals surface area contributed by atoms with E-state index < -0.39 is 22.0 Å². The van der Waals surface area contributed by atoms with E-state index in [4.69, 9.17) is 11.6 Å². The number of nitrogens with zero attached hydrogens (tertiary/aromatic N) is 3. The van der Waals surface area contributed by atoms with Crippen molar-refractivity contribution < 1.29 is 13.2 Å². The summed E-state index contributed by atoms with van der Waals surface area (Å²) in [4.78, 5) is 12.8. The number of sulfonamides is 1. The van der Waals surface area contributed by atoms with E-state index in [9.17, 15) is 13.2 Å². The number of aryl methyl sites for hydroxylation is 1. The maximum absolute atomic E-state index is 12.8. The average Bonchev–Trinajstić information content (AvgIpc) is 3.12. The van der Waals surface area contributed by atoms with Gasteiger partial charge in [0.05, 0.1) is 11.9 Å². The molecule has 0 bridgehead atoms. The molecular formula is C19H19ClN4O3S2. The Kier molecular flexibility index (Phi) is 6.21. The molecule has 3 rings (SSSR count). The minimum atomic E-state index is -3.75. The SMILES string of the molecule is Cc1ccc(Cl)cc1N(C(C)C(=O)Nc1nnc(-c2ccccc2)s1)S(C)(=O)=O. The molecule has 29 heavy (non-hydrogen) atoms. The van der Waals surface area contributed by atoms with Gasteiger partial charge in [0.2, 0.25) is 21.1 Å². The second-order valence-electron chi connectivity index (χ2n) is 6.43. The molecule has 1 aromatic heterocycles. The van der Waals surface area contributed by atoms with Gasteiger partial charge in [0.15, 0.2) is 0 Å². The van der Waals surface area contributed by atoms with Gasteiger partial charge in [0.1, 0.15) is 11.0 Å². The maximum Gasteiger partial charge on any atom is 0.249 e. The highest BCUT2D eigenvalue weighted by Gasteiger charge is 2.31. The molecule has 0 spiro atoms. The van der Waals surface area contributed by atoms with Gasteiger partial charge in [-0.3, -0.25) is 14.4 Å². The second-order valence-corrected chi connectivity index (χ2v) is 9.71.